The second kappa shape index (κ2) is 8.55. The lowest BCUT2D eigenvalue weighted by Crippen LogP contribution is -2.43. The zero-order chi connectivity index (χ0) is 20.2. The lowest BCUT2D eigenvalue weighted by molar-refractivity contribution is -0.135. The van der Waals surface area contributed by atoms with Crippen molar-refractivity contribution in [1.29, 1.82) is 0 Å². The summed E-state index contributed by atoms with van der Waals surface area (Å²) in [6.45, 7) is 0.390. The summed E-state index contributed by atoms with van der Waals surface area (Å²) < 4.78 is 14.8. The largest absolute Gasteiger partial charge is 0.334 e. The van der Waals surface area contributed by atoms with Crippen LogP contribution in [0.15, 0.2) is 59.5 Å². The molecule has 5 nitrogen and oxygen atoms in total. The summed E-state index contributed by atoms with van der Waals surface area (Å²) in [4.78, 5) is 31.8. The molecule has 1 aliphatic carbocycles. The fraction of sp³-hybridized carbons (Fsp3) is 0.348. The number of hydrogen-bond donors (Lipinski definition) is 0. The number of rotatable bonds is 5. The lowest BCUT2D eigenvalue weighted by Gasteiger charge is -2.35. The van der Waals surface area contributed by atoms with Gasteiger partial charge in [0.1, 0.15) is 12.4 Å². The van der Waals surface area contributed by atoms with E-state index < -0.39 is 0 Å². The van der Waals surface area contributed by atoms with E-state index in [1.807, 2.05) is 29.2 Å². The molecule has 1 saturated carbocycles. The summed E-state index contributed by atoms with van der Waals surface area (Å²) in [6.07, 6.45) is 6.55. The predicted molar refractivity (Wildman–Crippen MR) is 110 cm³/mol. The first kappa shape index (κ1) is 19.3. The monoisotopic (exact) mass is 393 g/mol. The summed E-state index contributed by atoms with van der Waals surface area (Å²) >= 11 is 0. The van der Waals surface area contributed by atoms with E-state index in [1.54, 1.807) is 12.1 Å². The molecular weight excluding hydrogens is 369 g/mol. The number of halogens is 1. The van der Waals surface area contributed by atoms with Crippen LogP contribution in [0.25, 0.3) is 11.0 Å². The first-order valence-corrected chi connectivity index (χ1v) is 10.1. The van der Waals surface area contributed by atoms with Crippen molar-refractivity contribution in [3.63, 3.8) is 0 Å². The summed E-state index contributed by atoms with van der Waals surface area (Å²) in [5.74, 6) is -0.390. The maximum Gasteiger partial charge on any atom is 0.269 e. The van der Waals surface area contributed by atoms with Crippen LogP contribution in [0.4, 0.5) is 4.39 Å². The first-order chi connectivity index (χ1) is 14.1. The Morgan fingerprint density at radius 1 is 1.07 bits per heavy atom. The van der Waals surface area contributed by atoms with E-state index in [0.717, 1.165) is 31.2 Å². The number of amides is 1. The topological polar surface area (TPSA) is 55.2 Å². The van der Waals surface area contributed by atoms with E-state index >= 15 is 0 Å². The van der Waals surface area contributed by atoms with Crippen molar-refractivity contribution in [1.82, 2.24) is 14.5 Å². The number of hydrogen-bond acceptors (Lipinski definition) is 3. The van der Waals surface area contributed by atoms with Crippen molar-refractivity contribution < 1.29 is 9.18 Å². The Balaban J connectivity index is 1.63. The highest BCUT2D eigenvalue weighted by atomic mass is 19.1. The van der Waals surface area contributed by atoms with Gasteiger partial charge in [-0.25, -0.2) is 9.37 Å². The molecule has 0 unspecified atom stereocenters. The first-order valence-electron chi connectivity index (χ1n) is 10.1. The van der Waals surface area contributed by atoms with Crippen molar-refractivity contribution >= 4 is 16.9 Å². The highest BCUT2D eigenvalue weighted by molar-refractivity contribution is 5.80. The molecule has 150 valence electrons. The molecule has 0 aliphatic heterocycles. The van der Waals surface area contributed by atoms with E-state index in [2.05, 4.69) is 4.98 Å². The highest BCUT2D eigenvalue weighted by Gasteiger charge is 2.26. The van der Waals surface area contributed by atoms with Crippen LogP contribution in [-0.4, -0.2) is 26.4 Å². The molecule has 4 rings (SSSR count). The third-order valence-corrected chi connectivity index (χ3v) is 5.65. The van der Waals surface area contributed by atoms with Gasteiger partial charge < -0.3 is 4.90 Å². The second-order valence-electron chi connectivity index (χ2n) is 7.61. The van der Waals surface area contributed by atoms with Crippen LogP contribution in [0, 0.1) is 5.82 Å². The van der Waals surface area contributed by atoms with Gasteiger partial charge in [-0.2, -0.15) is 0 Å². The van der Waals surface area contributed by atoms with E-state index in [9.17, 15) is 14.0 Å². The van der Waals surface area contributed by atoms with Gasteiger partial charge in [0.2, 0.25) is 5.91 Å². The molecule has 1 aliphatic rings. The van der Waals surface area contributed by atoms with Crippen LogP contribution >= 0.6 is 0 Å². The number of carbonyl (C=O) groups is 1. The fourth-order valence-corrected chi connectivity index (χ4v) is 4.10. The fourth-order valence-electron chi connectivity index (χ4n) is 4.10. The number of benzene rings is 2. The van der Waals surface area contributed by atoms with Gasteiger partial charge in [-0.1, -0.05) is 43.5 Å². The summed E-state index contributed by atoms with van der Waals surface area (Å²) in [5.41, 5.74) is 1.93. The van der Waals surface area contributed by atoms with Gasteiger partial charge >= 0.3 is 0 Å². The number of para-hydroxylation sites is 2. The highest BCUT2D eigenvalue weighted by Crippen LogP contribution is 2.25. The van der Waals surface area contributed by atoms with E-state index in [-0.39, 0.29) is 29.9 Å². The van der Waals surface area contributed by atoms with Gasteiger partial charge in [0, 0.05) is 12.6 Å². The van der Waals surface area contributed by atoms with E-state index in [1.165, 1.54) is 29.3 Å². The van der Waals surface area contributed by atoms with Crippen LogP contribution in [0.3, 0.4) is 0 Å². The van der Waals surface area contributed by atoms with E-state index in [0.29, 0.717) is 17.6 Å². The molecule has 0 radical (unpaired) electrons. The van der Waals surface area contributed by atoms with Gasteiger partial charge in [0.15, 0.2) is 0 Å². The second-order valence-corrected chi connectivity index (χ2v) is 7.61. The van der Waals surface area contributed by atoms with Crippen LogP contribution in [0.2, 0.25) is 0 Å². The Morgan fingerprint density at radius 2 is 1.79 bits per heavy atom. The number of aromatic nitrogens is 2. The molecule has 1 aromatic heterocycles. The van der Waals surface area contributed by atoms with Crippen molar-refractivity contribution in [2.75, 3.05) is 0 Å². The third-order valence-electron chi connectivity index (χ3n) is 5.65. The molecule has 6 heteroatoms. The minimum absolute atomic E-state index is 0.0282. The summed E-state index contributed by atoms with van der Waals surface area (Å²) in [5, 5.41) is 0. The van der Waals surface area contributed by atoms with Crippen molar-refractivity contribution in [3.8, 4) is 0 Å². The molecule has 0 N–H and O–H groups in total. The Hall–Kier alpha value is -3.02. The molecular formula is C23H24FN3O2. The summed E-state index contributed by atoms with van der Waals surface area (Å²) in [6, 6.07) is 13.7. The van der Waals surface area contributed by atoms with Crippen molar-refractivity contribution in [2.24, 2.45) is 0 Å². The van der Waals surface area contributed by atoms with Crippen LogP contribution < -0.4 is 5.56 Å². The number of fused-ring (bicyclic) bond motifs is 1. The van der Waals surface area contributed by atoms with Crippen molar-refractivity contribution in [3.05, 3.63) is 76.5 Å². The molecule has 1 heterocycles. The van der Waals surface area contributed by atoms with Gasteiger partial charge in [-0.05, 0) is 42.7 Å². The lowest BCUT2D eigenvalue weighted by atomic mass is 9.93. The molecule has 0 spiro atoms. The maximum absolute atomic E-state index is 13.4. The molecule has 2 aromatic carbocycles. The van der Waals surface area contributed by atoms with Gasteiger partial charge in [-0.3, -0.25) is 14.2 Å². The summed E-state index contributed by atoms with van der Waals surface area (Å²) in [7, 11) is 0. The minimum Gasteiger partial charge on any atom is -0.334 e. The quantitative estimate of drug-likeness (QED) is 0.661. The molecule has 0 atom stereocenters. The Kier molecular flexibility index (Phi) is 5.69. The van der Waals surface area contributed by atoms with Crippen LogP contribution in [-0.2, 0) is 17.9 Å². The molecule has 0 saturated heterocycles. The SMILES string of the molecule is O=C(Cn1c(=O)cnc2ccccc21)N(Cc1ccc(F)cc1)C1CCCCC1. The van der Waals surface area contributed by atoms with E-state index in [4.69, 9.17) is 0 Å². The Morgan fingerprint density at radius 3 is 2.55 bits per heavy atom. The van der Waals surface area contributed by atoms with Gasteiger partial charge in [0.25, 0.3) is 5.56 Å². The number of carbonyl (C=O) groups excluding carboxylic acids is 1. The van der Waals surface area contributed by atoms with Crippen molar-refractivity contribution in [2.45, 2.75) is 51.2 Å². The molecule has 0 bridgehead atoms. The number of nitrogens with zero attached hydrogens (tertiary/aromatic N) is 3. The standard InChI is InChI=1S/C23H24FN3O2/c24-18-12-10-17(11-13-18)15-26(19-6-2-1-3-7-19)23(29)16-27-21-9-5-4-8-20(21)25-14-22(27)28/h4-5,8-14,19H,1-3,6-7,15-16H2. The van der Waals surface area contributed by atoms with Gasteiger partial charge in [-0.15, -0.1) is 0 Å². The minimum atomic E-state index is -0.292. The molecule has 1 fully saturated rings. The normalized spacial score (nSPS) is 14.8. The third kappa shape index (κ3) is 4.36. The maximum atomic E-state index is 13.4. The van der Waals surface area contributed by atoms with Gasteiger partial charge in [0.05, 0.1) is 17.2 Å². The average Bonchev–Trinajstić information content (AvgIpc) is 2.76. The zero-order valence-electron chi connectivity index (χ0n) is 16.3. The average molecular weight is 393 g/mol. The molecule has 3 aromatic rings. The Bertz CT molecular complexity index is 1060. The predicted octanol–water partition coefficient (Wildman–Crippen LogP) is 3.90. The smallest absolute Gasteiger partial charge is 0.269 e. The van der Waals surface area contributed by atoms with Crippen LogP contribution in [0.5, 0.6) is 0 Å². The van der Waals surface area contributed by atoms with Crippen LogP contribution in [0.1, 0.15) is 37.7 Å². The Labute approximate surface area is 168 Å². The zero-order valence-corrected chi connectivity index (χ0v) is 16.3. The molecule has 29 heavy (non-hydrogen) atoms. The molecule has 1 amide bonds.